The zero-order chi connectivity index (χ0) is 17.0. The highest BCUT2D eigenvalue weighted by Crippen LogP contribution is 2.37. The van der Waals surface area contributed by atoms with E-state index < -0.39 is 11.2 Å². The summed E-state index contributed by atoms with van der Waals surface area (Å²) < 4.78 is 0. The second-order valence-corrected chi connectivity index (χ2v) is 6.27. The minimum absolute atomic E-state index is 0.442. The van der Waals surface area contributed by atoms with Gasteiger partial charge in [0.15, 0.2) is 0 Å². The molecular weight excluding hydrogens is 308 g/mol. The summed E-state index contributed by atoms with van der Waals surface area (Å²) in [5.74, 6) is -1.19. The third kappa shape index (κ3) is 3.54. The van der Waals surface area contributed by atoms with Crippen LogP contribution in [0.25, 0.3) is 0 Å². The van der Waals surface area contributed by atoms with E-state index >= 15 is 0 Å². The van der Waals surface area contributed by atoms with Crippen molar-refractivity contribution >= 4 is 17.7 Å². The fraction of sp³-hybridized carbons (Fsp3) is 0.278. The average molecular weight is 325 g/mol. The second kappa shape index (κ2) is 7.30. The fourth-order valence-corrected chi connectivity index (χ4v) is 3.71. The molecule has 0 saturated heterocycles. The fourth-order valence-electron chi connectivity index (χ4n) is 2.59. The zero-order valence-corrected chi connectivity index (χ0v) is 14.1. The maximum atomic E-state index is 11.6. The van der Waals surface area contributed by atoms with Crippen molar-refractivity contribution in [3.63, 3.8) is 0 Å². The topological polar surface area (TPSA) is 76.8 Å². The molecule has 0 N–H and O–H groups in total. The number of nitrogens with zero attached hydrogens (tertiary/aromatic N) is 2. The first kappa shape index (κ1) is 17.0. The summed E-state index contributed by atoms with van der Waals surface area (Å²) in [4.78, 5) is 16.0. The van der Waals surface area contributed by atoms with Gasteiger partial charge < -0.3 is 9.90 Å². The van der Waals surface area contributed by atoms with Crippen molar-refractivity contribution in [3.8, 4) is 6.07 Å². The minimum atomic E-state index is -1.19. The van der Waals surface area contributed by atoms with Crippen molar-refractivity contribution in [2.75, 3.05) is 0 Å². The molecule has 4 nitrogen and oxygen atoms in total. The number of carboxylic acid groups (broad SMARTS) is 1. The molecule has 0 spiro atoms. The van der Waals surface area contributed by atoms with E-state index in [1.165, 1.54) is 0 Å². The predicted molar refractivity (Wildman–Crippen MR) is 87.9 cm³/mol. The van der Waals surface area contributed by atoms with Crippen molar-refractivity contribution in [1.82, 2.24) is 4.98 Å². The molecule has 0 radical (unpaired) electrons. The molecule has 23 heavy (non-hydrogen) atoms. The number of nitriles is 1. The van der Waals surface area contributed by atoms with Gasteiger partial charge in [-0.2, -0.15) is 5.26 Å². The summed E-state index contributed by atoms with van der Waals surface area (Å²) >= 11 is 1.05. The number of rotatable bonds is 5. The lowest BCUT2D eigenvalue weighted by atomic mass is 10.0. The molecular formula is C18H17N2O2S-. The largest absolute Gasteiger partial charge is 0.549 e. The van der Waals surface area contributed by atoms with E-state index in [0.717, 1.165) is 35.0 Å². The monoisotopic (exact) mass is 325 g/mol. The van der Waals surface area contributed by atoms with Crippen molar-refractivity contribution in [2.24, 2.45) is 0 Å². The van der Waals surface area contributed by atoms with Gasteiger partial charge in [-0.15, -0.1) is 0 Å². The Balaban J connectivity index is 2.50. The van der Waals surface area contributed by atoms with E-state index in [1.807, 2.05) is 26.8 Å². The van der Waals surface area contributed by atoms with Crippen LogP contribution in [0, 0.1) is 25.2 Å². The van der Waals surface area contributed by atoms with Crippen molar-refractivity contribution in [1.29, 1.82) is 5.26 Å². The Labute approximate surface area is 140 Å². The lowest BCUT2D eigenvalue weighted by Gasteiger charge is -2.20. The summed E-state index contributed by atoms with van der Waals surface area (Å²) in [6.07, 6.45) is 0.785. The predicted octanol–water partition coefficient (Wildman–Crippen LogP) is 2.72. The molecule has 0 amide bonds. The maximum absolute atomic E-state index is 11.6. The van der Waals surface area contributed by atoms with Crippen molar-refractivity contribution < 1.29 is 9.90 Å². The lowest BCUT2D eigenvalue weighted by molar-refractivity contribution is -0.305. The first-order chi connectivity index (χ1) is 11.0. The molecule has 0 unspecified atom stereocenters. The Morgan fingerprint density at radius 3 is 2.52 bits per heavy atom. The number of aromatic nitrogens is 1. The van der Waals surface area contributed by atoms with Crippen LogP contribution in [0.4, 0.5) is 0 Å². The van der Waals surface area contributed by atoms with Crippen LogP contribution in [-0.2, 0) is 11.2 Å². The lowest BCUT2D eigenvalue weighted by Crippen LogP contribution is -2.28. The summed E-state index contributed by atoms with van der Waals surface area (Å²) in [6.45, 7) is 5.78. The molecule has 1 aromatic heterocycles. The number of carbonyl (C=O) groups is 1. The van der Waals surface area contributed by atoms with Gasteiger partial charge in [0, 0.05) is 5.69 Å². The first-order valence-corrected chi connectivity index (χ1v) is 8.20. The van der Waals surface area contributed by atoms with Gasteiger partial charge in [-0.3, -0.25) is 0 Å². The number of aliphatic carboxylic acids is 1. The molecule has 0 aliphatic carbocycles. The van der Waals surface area contributed by atoms with Gasteiger partial charge in [0.05, 0.1) is 16.8 Å². The standard InChI is InChI=1S/C18H18N2O2S/c1-4-14-11(2)15(10-19)17(20-12(14)3)23-16(18(21)22)13-8-6-5-7-9-13/h5-9,16H,4H2,1-3H3,(H,21,22)/p-1/t16-/m0/s1. The highest BCUT2D eigenvalue weighted by molar-refractivity contribution is 8.00. The average Bonchev–Trinajstić information content (AvgIpc) is 2.53. The minimum Gasteiger partial charge on any atom is -0.549 e. The molecule has 0 aliphatic rings. The molecule has 1 heterocycles. The van der Waals surface area contributed by atoms with Gasteiger partial charge in [-0.25, -0.2) is 4.98 Å². The Morgan fingerprint density at radius 2 is 2.00 bits per heavy atom. The molecule has 118 valence electrons. The van der Waals surface area contributed by atoms with Crippen molar-refractivity contribution in [3.05, 3.63) is 58.3 Å². The summed E-state index contributed by atoms with van der Waals surface area (Å²) in [7, 11) is 0. The van der Waals surface area contributed by atoms with Crippen molar-refractivity contribution in [2.45, 2.75) is 37.5 Å². The molecule has 1 aromatic carbocycles. The van der Waals surface area contributed by atoms with E-state index in [1.54, 1.807) is 24.3 Å². The molecule has 1 atom stereocenters. The molecule has 0 saturated carbocycles. The molecule has 0 bridgehead atoms. The Kier molecular flexibility index (Phi) is 5.41. The molecule has 2 rings (SSSR count). The van der Waals surface area contributed by atoms with E-state index in [4.69, 9.17) is 0 Å². The number of carbonyl (C=O) groups excluding carboxylic acids is 1. The highest BCUT2D eigenvalue weighted by atomic mass is 32.2. The molecule has 0 fully saturated rings. The van der Waals surface area contributed by atoms with Crippen LogP contribution < -0.4 is 5.11 Å². The number of hydrogen-bond donors (Lipinski definition) is 0. The summed E-state index contributed by atoms with van der Waals surface area (Å²) in [6, 6.07) is 11.0. The van der Waals surface area contributed by atoms with E-state index in [-0.39, 0.29) is 0 Å². The number of thioether (sulfide) groups is 1. The quantitative estimate of drug-likeness (QED) is 0.790. The van der Waals surface area contributed by atoms with Crippen LogP contribution in [-0.4, -0.2) is 11.0 Å². The van der Waals surface area contributed by atoms with Crippen LogP contribution in [0.15, 0.2) is 35.4 Å². The Morgan fingerprint density at radius 1 is 1.35 bits per heavy atom. The van der Waals surface area contributed by atoms with Gasteiger partial charge in [-0.1, -0.05) is 49.0 Å². The summed E-state index contributed by atoms with van der Waals surface area (Å²) in [5, 5.41) is 20.6. The Bertz CT molecular complexity index is 767. The van der Waals surface area contributed by atoms with E-state index in [9.17, 15) is 15.2 Å². The number of hydrogen-bond acceptors (Lipinski definition) is 5. The number of benzene rings is 1. The third-order valence-corrected chi connectivity index (χ3v) is 4.98. The smallest absolute Gasteiger partial charge is 0.115 e. The normalized spacial score (nSPS) is 11.7. The molecule has 5 heteroatoms. The molecule has 0 aliphatic heterocycles. The Hall–Kier alpha value is -2.32. The second-order valence-electron chi connectivity index (χ2n) is 5.17. The highest BCUT2D eigenvalue weighted by Gasteiger charge is 2.20. The number of pyridine rings is 1. The third-order valence-electron chi connectivity index (χ3n) is 3.76. The van der Waals surface area contributed by atoms with E-state index in [2.05, 4.69) is 11.1 Å². The number of carboxylic acids is 1. The maximum Gasteiger partial charge on any atom is 0.115 e. The SMILES string of the molecule is CCc1c(C)nc(S[C@H](C(=O)[O-])c2ccccc2)c(C#N)c1C. The van der Waals surface area contributed by atoms with E-state index in [0.29, 0.717) is 16.2 Å². The van der Waals surface area contributed by atoms with Crippen LogP contribution in [0.5, 0.6) is 0 Å². The van der Waals surface area contributed by atoms with Crippen LogP contribution in [0.2, 0.25) is 0 Å². The number of aryl methyl sites for hydroxylation is 1. The van der Waals surface area contributed by atoms with Crippen LogP contribution in [0.1, 0.15) is 40.1 Å². The van der Waals surface area contributed by atoms with Crippen LogP contribution >= 0.6 is 11.8 Å². The van der Waals surface area contributed by atoms with Gasteiger partial charge in [0.1, 0.15) is 11.1 Å². The van der Waals surface area contributed by atoms with Crippen LogP contribution in [0.3, 0.4) is 0 Å². The molecule has 2 aromatic rings. The zero-order valence-electron chi connectivity index (χ0n) is 13.3. The summed E-state index contributed by atoms with van der Waals surface area (Å²) in [5.41, 5.74) is 3.81. The van der Waals surface area contributed by atoms with Gasteiger partial charge in [-0.05, 0) is 37.0 Å². The van der Waals surface area contributed by atoms with Gasteiger partial charge >= 0.3 is 0 Å². The van der Waals surface area contributed by atoms with Gasteiger partial charge in [0.2, 0.25) is 0 Å². The van der Waals surface area contributed by atoms with Gasteiger partial charge in [0.25, 0.3) is 0 Å². The first-order valence-electron chi connectivity index (χ1n) is 7.32.